The number of amides is 1. The lowest BCUT2D eigenvalue weighted by atomic mass is 10.0. The van der Waals surface area contributed by atoms with Crippen LogP contribution in [-0.2, 0) is 14.4 Å². The molecule has 1 heterocycles. The Hall–Kier alpha value is -1.59. The number of rotatable bonds is 5. The van der Waals surface area contributed by atoms with E-state index >= 15 is 0 Å². The van der Waals surface area contributed by atoms with Gasteiger partial charge in [0, 0.05) is 19.4 Å². The van der Waals surface area contributed by atoms with E-state index in [1.807, 2.05) is 0 Å². The number of carboxylic acids is 2. The van der Waals surface area contributed by atoms with Crippen LogP contribution in [-0.4, -0.2) is 45.5 Å². The van der Waals surface area contributed by atoms with E-state index < -0.39 is 18.0 Å². The molecule has 0 spiro atoms. The second-order valence-corrected chi connectivity index (χ2v) is 4.18. The molecule has 0 aromatic carbocycles. The second kappa shape index (κ2) is 6.22. The van der Waals surface area contributed by atoms with Crippen molar-refractivity contribution in [2.24, 2.45) is 0 Å². The molecule has 96 valence electrons. The third-order valence-electron chi connectivity index (χ3n) is 2.89. The summed E-state index contributed by atoms with van der Waals surface area (Å²) in [6.07, 6.45) is 2.43. The van der Waals surface area contributed by atoms with Gasteiger partial charge in [-0.2, -0.15) is 0 Å². The topological polar surface area (TPSA) is 94.9 Å². The number of aliphatic carboxylic acids is 2. The van der Waals surface area contributed by atoms with Crippen molar-refractivity contribution in [2.75, 3.05) is 6.54 Å². The minimum Gasteiger partial charge on any atom is -0.481 e. The average Bonchev–Trinajstić information content (AvgIpc) is 2.28. The Morgan fingerprint density at radius 2 is 1.82 bits per heavy atom. The second-order valence-electron chi connectivity index (χ2n) is 4.18. The van der Waals surface area contributed by atoms with Crippen LogP contribution in [0.2, 0.25) is 0 Å². The van der Waals surface area contributed by atoms with Crippen LogP contribution in [0.5, 0.6) is 0 Å². The lowest BCUT2D eigenvalue weighted by molar-refractivity contribution is -0.152. The van der Waals surface area contributed by atoms with Gasteiger partial charge < -0.3 is 15.1 Å². The summed E-state index contributed by atoms with van der Waals surface area (Å²) in [6.45, 7) is 0.461. The largest absolute Gasteiger partial charge is 0.481 e. The maximum Gasteiger partial charge on any atom is 0.326 e. The molecule has 1 atom stereocenters. The van der Waals surface area contributed by atoms with Gasteiger partial charge in [-0.15, -0.1) is 0 Å². The molecule has 6 heteroatoms. The number of nitrogens with zero attached hydrogens (tertiary/aromatic N) is 1. The van der Waals surface area contributed by atoms with E-state index in [1.165, 1.54) is 4.90 Å². The van der Waals surface area contributed by atoms with Crippen molar-refractivity contribution in [2.45, 2.75) is 44.6 Å². The number of hydrogen-bond acceptors (Lipinski definition) is 3. The van der Waals surface area contributed by atoms with E-state index in [-0.39, 0.29) is 25.2 Å². The van der Waals surface area contributed by atoms with Crippen LogP contribution < -0.4 is 0 Å². The van der Waals surface area contributed by atoms with Gasteiger partial charge in [-0.3, -0.25) is 9.59 Å². The van der Waals surface area contributed by atoms with Crippen molar-refractivity contribution in [1.82, 2.24) is 4.90 Å². The maximum atomic E-state index is 11.8. The van der Waals surface area contributed by atoms with E-state index in [4.69, 9.17) is 10.2 Å². The van der Waals surface area contributed by atoms with Gasteiger partial charge in [0.25, 0.3) is 0 Å². The normalized spacial score (nSPS) is 20.0. The quantitative estimate of drug-likeness (QED) is 0.741. The van der Waals surface area contributed by atoms with Crippen LogP contribution in [0.3, 0.4) is 0 Å². The molecule has 6 nitrogen and oxygen atoms in total. The van der Waals surface area contributed by atoms with Crippen LogP contribution in [0.25, 0.3) is 0 Å². The van der Waals surface area contributed by atoms with Gasteiger partial charge in [0.1, 0.15) is 6.04 Å². The fraction of sp³-hybridized carbons (Fsp3) is 0.727. The van der Waals surface area contributed by atoms with Gasteiger partial charge >= 0.3 is 11.9 Å². The molecule has 17 heavy (non-hydrogen) atoms. The third kappa shape index (κ3) is 4.05. The van der Waals surface area contributed by atoms with Gasteiger partial charge in [0.15, 0.2) is 0 Å². The molecule has 1 amide bonds. The Morgan fingerprint density at radius 3 is 2.41 bits per heavy atom. The van der Waals surface area contributed by atoms with E-state index in [9.17, 15) is 14.4 Å². The van der Waals surface area contributed by atoms with Crippen molar-refractivity contribution >= 4 is 17.8 Å². The van der Waals surface area contributed by atoms with E-state index in [0.29, 0.717) is 13.0 Å². The molecule has 2 N–H and O–H groups in total. The molecule has 0 aromatic heterocycles. The Bertz CT molecular complexity index is 315. The first-order valence-corrected chi connectivity index (χ1v) is 5.76. The van der Waals surface area contributed by atoms with Crippen LogP contribution >= 0.6 is 0 Å². The maximum absolute atomic E-state index is 11.8. The van der Waals surface area contributed by atoms with Crippen LogP contribution in [0.15, 0.2) is 0 Å². The minimum atomic E-state index is -0.976. The first-order chi connectivity index (χ1) is 8.02. The molecule has 0 aliphatic carbocycles. The molecule has 0 saturated carbocycles. The molecule has 1 aliphatic rings. The van der Waals surface area contributed by atoms with Crippen molar-refractivity contribution in [1.29, 1.82) is 0 Å². The summed E-state index contributed by atoms with van der Waals surface area (Å²) < 4.78 is 0. The number of carboxylic acid groups (broad SMARTS) is 2. The fourth-order valence-electron chi connectivity index (χ4n) is 2.02. The van der Waals surface area contributed by atoms with Gasteiger partial charge in [0.05, 0.1) is 0 Å². The zero-order valence-electron chi connectivity index (χ0n) is 9.59. The smallest absolute Gasteiger partial charge is 0.326 e. The number of carbonyl (C=O) groups is 3. The summed E-state index contributed by atoms with van der Waals surface area (Å²) in [4.78, 5) is 34.4. The van der Waals surface area contributed by atoms with Crippen molar-refractivity contribution in [3.8, 4) is 0 Å². The molecule has 1 saturated heterocycles. The molecule has 0 bridgehead atoms. The molecule has 0 unspecified atom stereocenters. The lowest BCUT2D eigenvalue weighted by Gasteiger charge is -2.33. The Morgan fingerprint density at radius 1 is 1.12 bits per heavy atom. The lowest BCUT2D eigenvalue weighted by Crippen LogP contribution is -2.47. The number of likely N-dealkylation sites (tertiary alicyclic amines) is 1. The average molecular weight is 243 g/mol. The molecule has 1 rings (SSSR count). The molecule has 1 aliphatic heterocycles. The van der Waals surface area contributed by atoms with E-state index in [1.54, 1.807) is 0 Å². The molecular weight excluding hydrogens is 226 g/mol. The predicted octanol–water partition coefficient (Wildman–Crippen LogP) is 0.707. The van der Waals surface area contributed by atoms with Crippen LogP contribution in [0.4, 0.5) is 0 Å². The van der Waals surface area contributed by atoms with Gasteiger partial charge in [-0.1, -0.05) is 0 Å². The van der Waals surface area contributed by atoms with E-state index in [2.05, 4.69) is 0 Å². The van der Waals surface area contributed by atoms with Crippen molar-refractivity contribution in [3.05, 3.63) is 0 Å². The van der Waals surface area contributed by atoms with E-state index in [0.717, 1.165) is 12.8 Å². The Kier molecular flexibility index (Phi) is 4.93. The highest BCUT2D eigenvalue weighted by Gasteiger charge is 2.31. The van der Waals surface area contributed by atoms with Crippen molar-refractivity contribution in [3.63, 3.8) is 0 Å². The van der Waals surface area contributed by atoms with Gasteiger partial charge in [0.2, 0.25) is 5.91 Å². The highest BCUT2D eigenvalue weighted by Crippen LogP contribution is 2.18. The first-order valence-electron chi connectivity index (χ1n) is 5.76. The van der Waals surface area contributed by atoms with Crippen LogP contribution in [0.1, 0.15) is 38.5 Å². The van der Waals surface area contributed by atoms with Gasteiger partial charge in [-0.25, -0.2) is 4.79 Å². The SMILES string of the molecule is O=C(O)CCCC(=O)N1CCCC[C@@H]1C(=O)O. The van der Waals surface area contributed by atoms with Crippen molar-refractivity contribution < 1.29 is 24.6 Å². The molecular formula is C11H17NO5. The zero-order chi connectivity index (χ0) is 12.8. The highest BCUT2D eigenvalue weighted by molar-refractivity contribution is 5.84. The predicted molar refractivity (Wildman–Crippen MR) is 58.5 cm³/mol. The number of carbonyl (C=O) groups excluding carboxylic acids is 1. The molecule has 1 fully saturated rings. The Balaban J connectivity index is 2.47. The number of piperidine rings is 1. The number of hydrogen-bond donors (Lipinski definition) is 2. The molecule has 0 aromatic rings. The fourth-order valence-corrected chi connectivity index (χ4v) is 2.02. The highest BCUT2D eigenvalue weighted by atomic mass is 16.4. The summed E-state index contributed by atoms with van der Waals surface area (Å²) in [7, 11) is 0. The third-order valence-corrected chi connectivity index (χ3v) is 2.89. The van der Waals surface area contributed by atoms with Gasteiger partial charge in [-0.05, 0) is 25.7 Å². The summed E-state index contributed by atoms with van der Waals surface area (Å²) >= 11 is 0. The summed E-state index contributed by atoms with van der Waals surface area (Å²) in [5.74, 6) is -2.17. The first kappa shape index (κ1) is 13.5. The summed E-state index contributed by atoms with van der Waals surface area (Å²) in [5, 5.41) is 17.4. The summed E-state index contributed by atoms with van der Waals surface area (Å²) in [6, 6.07) is -0.735. The monoisotopic (exact) mass is 243 g/mol. The Labute approximate surface area is 99.2 Å². The molecule has 0 radical (unpaired) electrons. The minimum absolute atomic E-state index is 0.0582. The summed E-state index contributed by atoms with van der Waals surface area (Å²) in [5.41, 5.74) is 0. The standard InChI is InChI=1S/C11H17NO5/c13-9(5-3-6-10(14)15)12-7-2-1-4-8(12)11(16)17/h8H,1-7H2,(H,14,15)(H,16,17)/t8-/m1/s1. The van der Waals surface area contributed by atoms with Crippen LogP contribution in [0, 0.1) is 0 Å². The zero-order valence-corrected chi connectivity index (χ0v) is 9.59.